The van der Waals surface area contributed by atoms with E-state index in [2.05, 4.69) is 41.5 Å². The molecule has 1 aliphatic heterocycles. The molecule has 1 aromatic heterocycles. The topological polar surface area (TPSA) is 67.0 Å². The van der Waals surface area contributed by atoms with Crippen LogP contribution < -0.4 is 10.1 Å². The van der Waals surface area contributed by atoms with Crippen molar-refractivity contribution < 1.29 is 9.53 Å². The molecule has 1 atom stereocenters. The number of aromatic amines is 1. The predicted octanol–water partition coefficient (Wildman–Crippen LogP) is 3.53. The lowest BCUT2D eigenvalue weighted by Crippen LogP contribution is -2.12. The molecular weight excluding hydrogens is 310 g/mol. The van der Waals surface area contributed by atoms with E-state index in [-0.39, 0.29) is 11.2 Å². The predicted molar refractivity (Wildman–Crippen MR) is 93.0 cm³/mol. The van der Waals surface area contributed by atoms with Crippen LogP contribution in [0.5, 0.6) is 5.75 Å². The Bertz CT molecular complexity index is 712. The van der Waals surface area contributed by atoms with Gasteiger partial charge in [-0.05, 0) is 30.5 Å². The Morgan fingerprint density at radius 2 is 2.26 bits per heavy atom. The molecule has 1 aliphatic rings. The van der Waals surface area contributed by atoms with E-state index < -0.39 is 0 Å². The summed E-state index contributed by atoms with van der Waals surface area (Å²) in [5.74, 6) is 2.38. The maximum atomic E-state index is 11.9. The molecule has 2 aromatic rings. The van der Waals surface area contributed by atoms with Crippen molar-refractivity contribution in [1.29, 1.82) is 0 Å². The molecule has 1 unspecified atom stereocenters. The number of aromatic nitrogens is 2. The van der Waals surface area contributed by atoms with Gasteiger partial charge in [0, 0.05) is 11.3 Å². The van der Waals surface area contributed by atoms with E-state index >= 15 is 0 Å². The van der Waals surface area contributed by atoms with E-state index in [1.54, 1.807) is 11.8 Å². The highest BCUT2D eigenvalue weighted by Crippen LogP contribution is 2.42. The molecule has 1 aromatic carbocycles. The number of carbonyl (C=O) groups is 1. The van der Waals surface area contributed by atoms with Crippen LogP contribution in [0.3, 0.4) is 0 Å². The Morgan fingerprint density at radius 1 is 1.43 bits per heavy atom. The minimum absolute atomic E-state index is 0.0162. The second kappa shape index (κ2) is 6.66. The fourth-order valence-electron chi connectivity index (χ4n) is 2.56. The molecule has 0 aliphatic carbocycles. The van der Waals surface area contributed by atoms with Gasteiger partial charge in [0.2, 0.25) is 5.91 Å². The normalized spacial score (nSPS) is 17.6. The minimum atomic E-state index is -0.0162. The van der Waals surface area contributed by atoms with Crippen molar-refractivity contribution in [1.82, 2.24) is 10.2 Å². The molecule has 5 nitrogen and oxygen atoms in total. The number of ether oxygens (including phenoxy) is 1. The average Bonchev–Trinajstić information content (AvgIpc) is 2.78. The van der Waals surface area contributed by atoms with E-state index in [1.165, 1.54) is 0 Å². The Balaban J connectivity index is 1.93. The lowest BCUT2D eigenvalue weighted by Gasteiger charge is -2.17. The first-order valence-electron chi connectivity index (χ1n) is 7.73. The molecule has 23 heavy (non-hydrogen) atoms. The number of anilines is 1. The lowest BCUT2D eigenvalue weighted by atomic mass is 10.0. The molecule has 6 heteroatoms. The fourth-order valence-corrected chi connectivity index (χ4v) is 3.74. The molecule has 2 N–H and O–H groups in total. The van der Waals surface area contributed by atoms with E-state index in [1.807, 2.05) is 19.1 Å². The van der Waals surface area contributed by atoms with Crippen molar-refractivity contribution in [3.05, 3.63) is 41.1 Å². The van der Waals surface area contributed by atoms with Gasteiger partial charge >= 0.3 is 0 Å². The third-order valence-electron chi connectivity index (χ3n) is 3.64. The molecule has 122 valence electrons. The molecule has 0 radical (unpaired) electrons. The summed E-state index contributed by atoms with van der Waals surface area (Å²) in [6.45, 7) is 6.93. The van der Waals surface area contributed by atoms with Gasteiger partial charge in [-0.3, -0.25) is 9.89 Å². The average molecular weight is 331 g/mol. The summed E-state index contributed by atoms with van der Waals surface area (Å²) in [5, 5.41) is 10.1. The van der Waals surface area contributed by atoms with Gasteiger partial charge in [0.05, 0.1) is 17.6 Å². The van der Waals surface area contributed by atoms with Gasteiger partial charge in [0.25, 0.3) is 0 Å². The summed E-state index contributed by atoms with van der Waals surface area (Å²) in [5.41, 5.74) is 3.15. The molecule has 2 heterocycles. The number of amides is 1. The van der Waals surface area contributed by atoms with Crippen LogP contribution in [0.2, 0.25) is 0 Å². The van der Waals surface area contributed by atoms with Crippen molar-refractivity contribution in [3.63, 3.8) is 0 Å². The largest absolute Gasteiger partial charge is 0.493 e. The Morgan fingerprint density at radius 3 is 3.04 bits per heavy atom. The molecule has 1 amide bonds. The molecular formula is C17H21N3O2S. The van der Waals surface area contributed by atoms with Crippen LogP contribution in [0.15, 0.2) is 24.3 Å². The van der Waals surface area contributed by atoms with Gasteiger partial charge < -0.3 is 10.1 Å². The monoisotopic (exact) mass is 331 g/mol. The molecule has 0 bridgehead atoms. The number of nitrogens with one attached hydrogen (secondary N) is 2. The van der Waals surface area contributed by atoms with Crippen LogP contribution >= 0.6 is 11.8 Å². The van der Waals surface area contributed by atoms with Crippen LogP contribution in [-0.4, -0.2) is 28.5 Å². The van der Waals surface area contributed by atoms with Crippen molar-refractivity contribution in [2.24, 2.45) is 5.92 Å². The maximum Gasteiger partial charge on any atom is 0.235 e. The highest BCUT2D eigenvalue weighted by Gasteiger charge is 2.28. The second-order valence-corrected chi connectivity index (χ2v) is 7.22. The molecule has 0 spiro atoms. The third kappa shape index (κ3) is 3.52. The quantitative estimate of drug-likeness (QED) is 0.899. The van der Waals surface area contributed by atoms with Crippen molar-refractivity contribution >= 4 is 23.5 Å². The molecule has 0 saturated carbocycles. The zero-order valence-electron chi connectivity index (χ0n) is 13.6. The Hall–Kier alpha value is -1.95. The number of H-pyrrole nitrogens is 1. The number of rotatable bonds is 4. The number of nitrogens with zero attached hydrogens (tertiary/aromatic N) is 1. The minimum Gasteiger partial charge on any atom is -0.493 e. The van der Waals surface area contributed by atoms with Crippen molar-refractivity contribution in [3.8, 4) is 5.75 Å². The van der Waals surface area contributed by atoms with Crippen LogP contribution in [-0.2, 0) is 4.79 Å². The van der Waals surface area contributed by atoms with Crippen LogP contribution in [0, 0.1) is 12.8 Å². The standard InChI is InChI=1S/C17H21N3O2S/c1-10(2)8-22-13-6-4-5-12(7-13)16-15-11(3)19-20-17(15)18-14(21)9-23-16/h4-7,10,16H,8-9H2,1-3H3,(H2,18,19,20,21). The third-order valence-corrected chi connectivity index (χ3v) is 4.91. The van der Waals surface area contributed by atoms with Crippen LogP contribution in [0.25, 0.3) is 0 Å². The van der Waals surface area contributed by atoms with E-state index in [0.717, 1.165) is 22.6 Å². The summed E-state index contributed by atoms with van der Waals surface area (Å²) >= 11 is 1.61. The zero-order chi connectivity index (χ0) is 16.4. The summed E-state index contributed by atoms with van der Waals surface area (Å²) in [6, 6.07) is 8.11. The number of fused-ring (bicyclic) bond motifs is 1. The summed E-state index contributed by atoms with van der Waals surface area (Å²) in [4.78, 5) is 11.9. The number of aryl methyl sites for hydroxylation is 1. The van der Waals surface area contributed by atoms with Crippen LogP contribution in [0.4, 0.5) is 5.82 Å². The highest BCUT2D eigenvalue weighted by molar-refractivity contribution is 8.00. The second-order valence-electron chi connectivity index (χ2n) is 6.13. The number of hydrogen-bond acceptors (Lipinski definition) is 4. The van der Waals surface area contributed by atoms with Gasteiger partial charge in [-0.1, -0.05) is 26.0 Å². The van der Waals surface area contributed by atoms with Crippen molar-refractivity contribution in [2.45, 2.75) is 26.0 Å². The number of hydrogen-bond donors (Lipinski definition) is 2. The van der Waals surface area contributed by atoms with Gasteiger partial charge in [-0.2, -0.15) is 5.10 Å². The van der Waals surface area contributed by atoms with Gasteiger partial charge in [-0.25, -0.2) is 0 Å². The van der Waals surface area contributed by atoms with Gasteiger partial charge in [-0.15, -0.1) is 11.8 Å². The van der Waals surface area contributed by atoms with Crippen molar-refractivity contribution in [2.75, 3.05) is 17.7 Å². The molecule has 0 saturated heterocycles. The fraction of sp³-hybridized carbons (Fsp3) is 0.412. The maximum absolute atomic E-state index is 11.9. The first-order valence-corrected chi connectivity index (χ1v) is 8.78. The Labute approximate surface area is 140 Å². The molecule has 3 rings (SSSR count). The summed E-state index contributed by atoms with van der Waals surface area (Å²) in [6.07, 6.45) is 0. The number of thioether (sulfide) groups is 1. The highest BCUT2D eigenvalue weighted by atomic mass is 32.2. The van der Waals surface area contributed by atoms with Gasteiger partial charge in [0.15, 0.2) is 5.82 Å². The summed E-state index contributed by atoms with van der Waals surface area (Å²) < 4.78 is 5.84. The molecule has 0 fully saturated rings. The Kier molecular flexibility index (Phi) is 4.61. The smallest absolute Gasteiger partial charge is 0.235 e. The van der Waals surface area contributed by atoms with Gasteiger partial charge in [0.1, 0.15) is 5.75 Å². The SMILES string of the molecule is Cc1[nH]nc2c1C(c1cccc(OCC(C)C)c1)SCC(=O)N2. The number of carbonyl (C=O) groups excluding carboxylic acids is 1. The van der Waals surface area contributed by atoms with Crippen LogP contribution in [0.1, 0.15) is 35.9 Å². The summed E-state index contributed by atoms with van der Waals surface area (Å²) in [7, 11) is 0. The van der Waals surface area contributed by atoms with E-state index in [4.69, 9.17) is 4.74 Å². The first kappa shape index (κ1) is 15.9. The zero-order valence-corrected chi connectivity index (χ0v) is 14.4. The lowest BCUT2D eigenvalue weighted by molar-refractivity contribution is -0.113. The van der Waals surface area contributed by atoms with E-state index in [9.17, 15) is 4.79 Å². The number of benzene rings is 1. The van der Waals surface area contributed by atoms with E-state index in [0.29, 0.717) is 24.1 Å². The first-order chi connectivity index (χ1) is 11.0.